The van der Waals surface area contributed by atoms with Crippen molar-refractivity contribution in [3.05, 3.63) is 129 Å². The average Bonchev–Trinajstić information content (AvgIpc) is 3.08. The highest BCUT2D eigenvalue weighted by atomic mass is 79.9. The molecule has 34 heavy (non-hydrogen) atoms. The third kappa shape index (κ3) is 3.57. The molecule has 0 spiro atoms. The van der Waals surface area contributed by atoms with Crippen molar-refractivity contribution < 1.29 is 0 Å². The van der Waals surface area contributed by atoms with E-state index in [2.05, 4.69) is 148 Å². The van der Waals surface area contributed by atoms with Crippen LogP contribution in [0, 0.1) is 0 Å². The SMILES string of the molecule is CC(C)(C)c1cccc(C2(c3cccc(C(C)(C)C)c3)c3ccccc3-c3ccc(Br)cc32)c1. The molecule has 172 valence electrons. The van der Waals surface area contributed by atoms with Gasteiger partial charge in [0.1, 0.15) is 0 Å². The Kier molecular flexibility index (Phi) is 5.41. The lowest BCUT2D eigenvalue weighted by Crippen LogP contribution is -2.30. The molecular weight excluding hydrogens is 476 g/mol. The summed E-state index contributed by atoms with van der Waals surface area (Å²) in [6.45, 7) is 13.8. The Bertz CT molecular complexity index is 1320. The molecule has 5 rings (SSSR count). The molecule has 0 saturated carbocycles. The van der Waals surface area contributed by atoms with Crippen molar-refractivity contribution in [2.24, 2.45) is 0 Å². The zero-order valence-corrected chi connectivity index (χ0v) is 22.6. The molecule has 0 bridgehead atoms. The van der Waals surface area contributed by atoms with Crippen LogP contribution in [0.25, 0.3) is 11.1 Å². The normalized spacial score (nSPS) is 14.6. The van der Waals surface area contributed by atoms with Crippen LogP contribution in [-0.4, -0.2) is 0 Å². The lowest BCUT2D eigenvalue weighted by atomic mass is 9.66. The highest BCUT2D eigenvalue weighted by molar-refractivity contribution is 9.10. The number of halogens is 1. The smallest absolute Gasteiger partial charge is 0.0619 e. The summed E-state index contributed by atoms with van der Waals surface area (Å²) in [5.41, 5.74) is 10.5. The topological polar surface area (TPSA) is 0 Å². The Labute approximate surface area is 213 Å². The summed E-state index contributed by atoms with van der Waals surface area (Å²) in [6.07, 6.45) is 0. The largest absolute Gasteiger partial charge is 0.0714 e. The van der Waals surface area contributed by atoms with Crippen molar-refractivity contribution in [1.82, 2.24) is 0 Å². The van der Waals surface area contributed by atoms with E-state index in [1.54, 1.807) is 0 Å². The fourth-order valence-electron chi connectivity index (χ4n) is 5.48. The molecule has 0 atom stereocenters. The van der Waals surface area contributed by atoms with E-state index in [4.69, 9.17) is 0 Å². The van der Waals surface area contributed by atoms with Crippen LogP contribution >= 0.6 is 15.9 Å². The number of hydrogen-bond acceptors (Lipinski definition) is 0. The van der Waals surface area contributed by atoms with Gasteiger partial charge in [0.15, 0.2) is 0 Å². The first-order chi connectivity index (χ1) is 16.0. The van der Waals surface area contributed by atoms with Gasteiger partial charge in [-0.3, -0.25) is 0 Å². The molecule has 1 aliphatic carbocycles. The van der Waals surface area contributed by atoms with E-state index in [1.165, 1.54) is 44.5 Å². The van der Waals surface area contributed by atoms with Gasteiger partial charge >= 0.3 is 0 Å². The minimum atomic E-state index is -0.377. The van der Waals surface area contributed by atoms with Gasteiger partial charge in [0.25, 0.3) is 0 Å². The third-order valence-electron chi connectivity index (χ3n) is 7.33. The van der Waals surface area contributed by atoms with Gasteiger partial charge in [-0.2, -0.15) is 0 Å². The fourth-order valence-corrected chi connectivity index (χ4v) is 5.84. The first kappa shape index (κ1) is 23.1. The maximum atomic E-state index is 3.80. The second-order valence-corrected chi connectivity index (χ2v) is 12.6. The Balaban J connectivity index is 1.95. The van der Waals surface area contributed by atoms with Gasteiger partial charge in [-0.1, -0.05) is 136 Å². The fraction of sp³-hybridized carbons (Fsp3) is 0.273. The Hall–Kier alpha value is -2.64. The van der Waals surface area contributed by atoms with Crippen LogP contribution in [-0.2, 0) is 16.2 Å². The van der Waals surface area contributed by atoms with E-state index in [9.17, 15) is 0 Å². The van der Waals surface area contributed by atoms with E-state index in [0.717, 1.165) is 4.47 Å². The zero-order valence-electron chi connectivity index (χ0n) is 21.0. The Morgan fingerprint density at radius 1 is 0.529 bits per heavy atom. The van der Waals surface area contributed by atoms with Crippen molar-refractivity contribution in [1.29, 1.82) is 0 Å². The van der Waals surface area contributed by atoms with Crippen LogP contribution in [0.15, 0.2) is 95.5 Å². The lowest BCUT2D eigenvalue weighted by Gasteiger charge is -2.36. The van der Waals surface area contributed by atoms with Crippen LogP contribution in [0.1, 0.15) is 74.9 Å². The molecule has 0 radical (unpaired) electrons. The molecule has 0 saturated heterocycles. The average molecular weight is 510 g/mol. The molecule has 4 aromatic rings. The number of rotatable bonds is 2. The zero-order chi connectivity index (χ0) is 24.3. The van der Waals surface area contributed by atoms with Crippen molar-refractivity contribution in [3.63, 3.8) is 0 Å². The van der Waals surface area contributed by atoms with E-state index in [-0.39, 0.29) is 16.2 Å². The van der Waals surface area contributed by atoms with Gasteiger partial charge in [0.05, 0.1) is 5.41 Å². The molecule has 0 aromatic heterocycles. The quantitative estimate of drug-likeness (QED) is 0.222. The van der Waals surface area contributed by atoms with Gasteiger partial charge in [-0.15, -0.1) is 0 Å². The van der Waals surface area contributed by atoms with E-state index >= 15 is 0 Å². The van der Waals surface area contributed by atoms with E-state index in [1.807, 2.05) is 0 Å². The van der Waals surface area contributed by atoms with E-state index < -0.39 is 0 Å². The van der Waals surface area contributed by atoms with Gasteiger partial charge in [0.2, 0.25) is 0 Å². The predicted molar refractivity (Wildman–Crippen MR) is 149 cm³/mol. The number of benzene rings is 4. The summed E-state index contributed by atoms with van der Waals surface area (Å²) in [6, 6.07) is 34.3. The van der Waals surface area contributed by atoms with Crippen molar-refractivity contribution in [3.8, 4) is 11.1 Å². The molecule has 0 N–H and O–H groups in total. The van der Waals surface area contributed by atoms with Crippen LogP contribution in [0.5, 0.6) is 0 Å². The maximum absolute atomic E-state index is 3.80. The summed E-state index contributed by atoms with van der Waals surface area (Å²) < 4.78 is 1.11. The lowest BCUT2D eigenvalue weighted by molar-refractivity contribution is 0.585. The third-order valence-corrected chi connectivity index (χ3v) is 7.82. The minimum Gasteiger partial charge on any atom is -0.0619 e. The van der Waals surface area contributed by atoms with Crippen molar-refractivity contribution in [2.75, 3.05) is 0 Å². The first-order valence-corrected chi connectivity index (χ1v) is 12.9. The summed E-state index contributed by atoms with van der Waals surface area (Å²) in [5.74, 6) is 0. The Morgan fingerprint density at radius 3 is 1.62 bits per heavy atom. The summed E-state index contributed by atoms with van der Waals surface area (Å²) in [5, 5.41) is 0. The molecule has 0 nitrogen and oxygen atoms in total. The molecule has 0 fully saturated rings. The van der Waals surface area contributed by atoms with Crippen LogP contribution in [0.2, 0.25) is 0 Å². The van der Waals surface area contributed by atoms with Crippen molar-refractivity contribution in [2.45, 2.75) is 57.8 Å². The standard InChI is InChI=1S/C33H33Br/c1-31(2,3)22-11-9-13-24(19-22)33(25-14-10-12-23(20-25)32(4,5)6)29-16-8-7-15-27(29)28-18-17-26(34)21-30(28)33/h7-21H,1-6H3. The summed E-state index contributed by atoms with van der Waals surface area (Å²) in [7, 11) is 0. The van der Waals surface area contributed by atoms with Crippen molar-refractivity contribution >= 4 is 15.9 Å². The molecule has 0 unspecified atom stereocenters. The molecule has 4 aromatic carbocycles. The second kappa shape index (κ2) is 7.95. The Morgan fingerprint density at radius 2 is 1.06 bits per heavy atom. The van der Waals surface area contributed by atoms with Crippen LogP contribution in [0.4, 0.5) is 0 Å². The van der Waals surface area contributed by atoms with Gasteiger partial charge in [0, 0.05) is 4.47 Å². The highest BCUT2D eigenvalue weighted by Crippen LogP contribution is 2.57. The first-order valence-electron chi connectivity index (χ1n) is 12.1. The van der Waals surface area contributed by atoms with Gasteiger partial charge in [-0.25, -0.2) is 0 Å². The highest BCUT2D eigenvalue weighted by Gasteiger charge is 2.46. The molecular formula is C33H33Br. The number of fused-ring (bicyclic) bond motifs is 3. The second-order valence-electron chi connectivity index (χ2n) is 11.6. The number of hydrogen-bond donors (Lipinski definition) is 0. The minimum absolute atomic E-state index is 0.0721. The monoisotopic (exact) mass is 508 g/mol. The van der Waals surface area contributed by atoms with Crippen LogP contribution < -0.4 is 0 Å². The maximum Gasteiger partial charge on any atom is 0.0714 e. The molecule has 0 aliphatic heterocycles. The predicted octanol–water partition coefficient (Wildman–Crippen LogP) is 9.41. The van der Waals surface area contributed by atoms with Gasteiger partial charge < -0.3 is 0 Å². The summed E-state index contributed by atoms with van der Waals surface area (Å²) in [4.78, 5) is 0. The molecule has 0 amide bonds. The molecule has 1 aliphatic rings. The summed E-state index contributed by atoms with van der Waals surface area (Å²) >= 11 is 3.80. The van der Waals surface area contributed by atoms with Gasteiger partial charge in [-0.05, 0) is 67.5 Å². The molecule has 0 heterocycles. The molecule has 1 heteroatoms. The van der Waals surface area contributed by atoms with E-state index in [0.29, 0.717) is 0 Å². The van der Waals surface area contributed by atoms with Crippen LogP contribution in [0.3, 0.4) is 0 Å².